The van der Waals surface area contributed by atoms with Gasteiger partial charge in [-0.15, -0.1) is 0 Å². The average Bonchev–Trinajstić information content (AvgIpc) is 2.66. The Morgan fingerprint density at radius 1 is 1.00 bits per heavy atom. The highest BCUT2D eigenvalue weighted by Crippen LogP contribution is 2.32. The van der Waals surface area contributed by atoms with Crippen LogP contribution in [0.15, 0.2) is 55.0 Å². The third-order valence-electron chi connectivity index (χ3n) is 4.18. The van der Waals surface area contributed by atoms with E-state index in [9.17, 15) is 4.39 Å². The SMILES string of the molecule is CC(F)=C(C)c1cc(-c2ncnc3cnccc23)c2cccnc2n1. The van der Waals surface area contributed by atoms with Crippen molar-refractivity contribution in [1.82, 2.24) is 24.9 Å². The summed E-state index contributed by atoms with van der Waals surface area (Å²) in [5.41, 5.74) is 3.91. The molecule has 0 radical (unpaired) electrons. The molecule has 4 aromatic heterocycles. The molecule has 5 nitrogen and oxygen atoms in total. The van der Waals surface area contributed by atoms with Crippen molar-refractivity contribution in [2.75, 3.05) is 0 Å². The molecular weight excluding hydrogens is 317 g/mol. The van der Waals surface area contributed by atoms with Gasteiger partial charge < -0.3 is 0 Å². The molecule has 0 saturated carbocycles. The highest BCUT2D eigenvalue weighted by Gasteiger charge is 2.14. The van der Waals surface area contributed by atoms with Gasteiger partial charge in [-0.2, -0.15) is 0 Å². The fraction of sp³-hybridized carbons (Fsp3) is 0.105. The van der Waals surface area contributed by atoms with Gasteiger partial charge in [-0.3, -0.25) is 4.98 Å². The number of halogens is 1. The summed E-state index contributed by atoms with van der Waals surface area (Å²) in [6, 6.07) is 7.51. The minimum Gasteiger partial charge on any atom is -0.262 e. The van der Waals surface area contributed by atoms with E-state index < -0.39 is 0 Å². The van der Waals surface area contributed by atoms with Crippen LogP contribution in [0.25, 0.3) is 38.8 Å². The smallest absolute Gasteiger partial charge is 0.160 e. The topological polar surface area (TPSA) is 64.5 Å². The summed E-state index contributed by atoms with van der Waals surface area (Å²) in [5.74, 6) is -0.273. The van der Waals surface area contributed by atoms with Crippen LogP contribution in [0.5, 0.6) is 0 Å². The normalized spacial score (nSPS) is 12.4. The second kappa shape index (κ2) is 5.98. The second-order valence-electron chi connectivity index (χ2n) is 5.70. The van der Waals surface area contributed by atoms with Crippen molar-refractivity contribution < 1.29 is 4.39 Å². The minimum absolute atomic E-state index is 0.273. The molecule has 6 heteroatoms. The average molecular weight is 331 g/mol. The molecular formula is C19H14FN5. The van der Waals surface area contributed by atoms with Crippen molar-refractivity contribution in [3.8, 4) is 11.3 Å². The molecule has 4 heterocycles. The van der Waals surface area contributed by atoms with Crippen molar-refractivity contribution in [2.24, 2.45) is 0 Å². The molecule has 0 aliphatic heterocycles. The van der Waals surface area contributed by atoms with Crippen LogP contribution in [-0.2, 0) is 0 Å². The predicted molar refractivity (Wildman–Crippen MR) is 95.2 cm³/mol. The lowest BCUT2D eigenvalue weighted by Crippen LogP contribution is -1.96. The Kier molecular flexibility index (Phi) is 3.65. The lowest BCUT2D eigenvalue weighted by atomic mass is 10.0. The third kappa shape index (κ3) is 2.61. The first-order valence-corrected chi connectivity index (χ1v) is 7.79. The van der Waals surface area contributed by atoms with Crippen LogP contribution in [0.3, 0.4) is 0 Å². The zero-order valence-corrected chi connectivity index (χ0v) is 13.7. The molecule has 0 aliphatic carbocycles. The maximum Gasteiger partial charge on any atom is 0.160 e. The molecule has 0 unspecified atom stereocenters. The van der Waals surface area contributed by atoms with E-state index >= 15 is 0 Å². The summed E-state index contributed by atoms with van der Waals surface area (Å²) in [6.45, 7) is 3.13. The van der Waals surface area contributed by atoms with Gasteiger partial charge in [0.15, 0.2) is 5.65 Å². The first-order valence-electron chi connectivity index (χ1n) is 7.79. The summed E-state index contributed by atoms with van der Waals surface area (Å²) in [6.07, 6.45) is 6.57. The van der Waals surface area contributed by atoms with Crippen molar-refractivity contribution in [1.29, 1.82) is 0 Å². The molecule has 0 spiro atoms. The minimum atomic E-state index is -0.273. The van der Waals surface area contributed by atoms with E-state index in [2.05, 4.69) is 24.9 Å². The first-order chi connectivity index (χ1) is 12.1. The van der Waals surface area contributed by atoms with E-state index in [1.165, 1.54) is 13.3 Å². The van der Waals surface area contributed by atoms with Gasteiger partial charge in [0.25, 0.3) is 0 Å². The first kappa shape index (κ1) is 15.3. The van der Waals surface area contributed by atoms with Gasteiger partial charge in [0.1, 0.15) is 12.2 Å². The number of pyridine rings is 3. The molecule has 4 aromatic rings. The monoisotopic (exact) mass is 331 g/mol. The zero-order valence-electron chi connectivity index (χ0n) is 13.7. The Morgan fingerprint density at radius 3 is 2.72 bits per heavy atom. The Bertz CT molecular complexity index is 1130. The van der Waals surface area contributed by atoms with Crippen molar-refractivity contribution in [3.63, 3.8) is 0 Å². The summed E-state index contributed by atoms with van der Waals surface area (Å²) < 4.78 is 13.8. The van der Waals surface area contributed by atoms with Crippen LogP contribution < -0.4 is 0 Å². The molecule has 0 aromatic carbocycles. The number of fused-ring (bicyclic) bond motifs is 2. The van der Waals surface area contributed by atoms with Crippen LogP contribution in [-0.4, -0.2) is 24.9 Å². The maximum atomic E-state index is 13.8. The number of hydrogen-bond donors (Lipinski definition) is 0. The van der Waals surface area contributed by atoms with E-state index in [1.54, 1.807) is 25.5 Å². The van der Waals surface area contributed by atoms with Crippen LogP contribution in [0.2, 0.25) is 0 Å². The van der Waals surface area contributed by atoms with Gasteiger partial charge in [0, 0.05) is 34.3 Å². The molecule has 122 valence electrons. The number of allylic oxidation sites excluding steroid dienone is 2. The van der Waals surface area contributed by atoms with Crippen LogP contribution in [0.4, 0.5) is 4.39 Å². The van der Waals surface area contributed by atoms with Crippen LogP contribution in [0, 0.1) is 0 Å². The Labute approximate surface area is 143 Å². The number of aromatic nitrogens is 5. The fourth-order valence-electron chi connectivity index (χ4n) is 2.74. The van der Waals surface area contributed by atoms with E-state index in [-0.39, 0.29) is 5.83 Å². The molecule has 0 N–H and O–H groups in total. The van der Waals surface area contributed by atoms with E-state index in [1.807, 2.05) is 24.3 Å². The molecule has 0 atom stereocenters. The molecule has 0 saturated heterocycles. The summed E-state index contributed by atoms with van der Waals surface area (Å²) in [7, 11) is 0. The Hall–Kier alpha value is -3.28. The largest absolute Gasteiger partial charge is 0.262 e. The van der Waals surface area contributed by atoms with Gasteiger partial charge in [-0.25, -0.2) is 24.3 Å². The van der Waals surface area contributed by atoms with Gasteiger partial charge in [-0.05, 0) is 38.1 Å². The molecule has 0 bridgehead atoms. The van der Waals surface area contributed by atoms with E-state index in [0.29, 0.717) is 16.9 Å². The predicted octanol–water partition coefficient (Wildman–Crippen LogP) is 4.36. The van der Waals surface area contributed by atoms with E-state index in [4.69, 9.17) is 0 Å². The van der Waals surface area contributed by atoms with Crippen LogP contribution >= 0.6 is 0 Å². The third-order valence-corrected chi connectivity index (χ3v) is 4.18. The number of hydrogen-bond acceptors (Lipinski definition) is 5. The number of nitrogens with zero attached hydrogens (tertiary/aromatic N) is 5. The van der Waals surface area contributed by atoms with Gasteiger partial charge in [-0.1, -0.05) is 0 Å². The zero-order chi connectivity index (χ0) is 17.4. The Balaban J connectivity index is 2.11. The lowest BCUT2D eigenvalue weighted by Gasteiger charge is -2.11. The molecule has 0 aliphatic rings. The van der Waals surface area contributed by atoms with Crippen LogP contribution in [0.1, 0.15) is 19.5 Å². The van der Waals surface area contributed by atoms with Gasteiger partial charge >= 0.3 is 0 Å². The molecule has 0 fully saturated rings. The summed E-state index contributed by atoms with van der Waals surface area (Å²) in [5, 5.41) is 1.73. The van der Waals surface area contributed by atoms with Gasteiger partial charge in [0.2, 0.25) is 0 Å². The lowest BCUT2D eigenvalue weighted by molar-refractivity contribution is 0.642. The summed E-state index contributed by atoms with van der Waals surface area (Å²) in [4.78, 5) is 21.7. The Morgan fingerprint density at radius 2 is 1.88 bits per heavy atom. The number of rotatable bonds is 2. The summed E-state index contributed by atoms with van der Waals surface area (Å²) >= 11 is 0. The fourth-order valence-corrected chi connectivity index (χ4v) is 2.74. The van der Waals surface area contributed by atoms with Crippen molar-refractivity contribution >= 4 is 27.5 Å². The molecule has 25 heavy (non-hydrogen) atoms. The standard InChI is InChI=1S/C19H14FN5/c1-11(12(2)20)16-8-15(13-4-3-6-22-19(13)25-16)18-14-5-7-21-9-17(14)23-10-24-18/h3-10H,1-2H3. The van der Waals surface area contributed by atoms with Gasteiger partial charge in [0.05, 0.1) is 23.1 Å². The highest BCUT2D eigenvalue weighted by atomic mass is 19.1. The highest BCUT2D eigenvalue weighted by molar-refractivity contribution is 6.01. The quantitative estimate of drug-likeness (QED) is 0.546. The molecule has 0 amide bonds. The maximum absolute atomic E-state index is 13.8. The second-order valence-corrected chi connectivity index (χ2v) is 5.70. The van der Waals surface area contributed by atoms with Crippen molar-refractivity contribution in [3.05, 3.63) is 60.7 Å². The van der Waals surface area contributed by atoms with Crippen molar-refractivity contribution in [2.45, 2.75) is 13.8 Å². The van der Waals surface area contributed by atoms with E-state index in [0.717, 1.165) is 27.5 Å². The molecule has 4 rings (SSSR count).